The zero-order chi connectivity index (χ0) is 25.4. The van der Waals surface area contributed by atoms with Gasteiger partial charge in [0.1, 0.15) is 5.82 Å². The molecule has 2 atom stereocenters. The Hall–Kier alpha value is -3.17. The van der Waals surface area contributed by atoms with Crippen molar-refractivity contribution in [3.05, 3.63) is 65.2 Å². The molecule has 5 nitrogen and oxygen atoms in total. The number of nitrogens with one attached hydrogen (secondary N) is 1. The third-order valence-electron chi connectivity index (χ3n) is 7.15. The Balaban J connectivity index is 1.61. The largest absolute Gasteiger partial charge is 0.493 e. The Morgan fingerprint density at radius 1 is 1.14 bits per heavy atom. The highest BCUT2D eigenvalue weighted by molar-refractivity contribution is 5.85. The van der Waals surface area contributed by atoms with Crippen LogP contribution in [0.4, 0.5) is 22.0 Å². The molecule has 1 spiro atoms. The molecular formula is C25H25F5N2O3. The van der Waals surface area contributed by atoms with Crippen LogP contribution in [0.2, 0.25) is 0 Å². The van der Waals surface area contributed by atoms with Crippen LogP contribution in [0, 0.1) is 17.0 Å². The molecule has 188 valence electrons. The van der Waals surface area contributed by atoms with E-state index < -0.39 is 41.0 Å². The second-order valence-electron chi connectivity index (χ2n) is 9.12. The molecule has 0 aromatic heterocycles. The van der Waals surface area contributed by atoms with E-state index in [9.17, 15) is 31.5 Å². The van der Waals surface area contributed by atoms with Crippen LogP contribution in [0.25, 0.3) is 0 Å². The lowest BCUT2D eigenvalue weighted by Crippen LogP contribution is -2.54. The van der Waals surface area contributed by atoms with Gasteiger partial charge in [0.15, 0.2) is 17.5 Å². The second kappa shape index (κ2) is 9.47. The van der Waals surface area contributed by atoms with E-state index in [1.807, 2.05) is 0 Å². The second-order valence-corrected chi connectivity index (χ2v) is 9.12. The van der Waals surface area contributed by atoms with Gasteiger partial charge in [0.25, 0.3) is 0 Å². The standard InChI is InChI=1S/C25H25F5N2O3/c1-35-22-17(11-16(26)12-19(22)27)18-14-31-20(33)13-24(18)7-9-32(10-8-24)23(34)21(25(28,29)30)15-5-3-2-4-6-15/h2-6,11-12,18,21H,7-10,13-14H2,1H3,(H,31,33). The highest BCUT2D eigenvalue weighted by atomic mass is 19.4. The molecule has 0 radical (unpaired) electrons. The number of rotatable bonds is 4. The number of hydrogen-bond acceptors (Lipinski definition) is 3. The number of nitrogens with zero attached hydrogens (tertiary/aromatic N) is 1. The number of hydrogen-bond donors (Lipinski definition) is 1. The van der Waals surface area contributed by atoms with Gasteiger partial charge < -0.3 is 15.0 Å². The number of carbonyl (C=O) groups is 2. The topological polar surface area (TPSA) is 58.6 Å². The summed E-state index contributed by atoms with van der Waals surface area (Å²) in [5.41, 5.74) is -0.671. The van der Waals surface area contributed by atoms with Crippen LogP contribution in [-0.4, -0.2) is 49.6 Å². The molecule has 10 heteroatoms. The van der Waals surface area contributed by atoms with Gasteiger partial charge in [-0.05, 0) is 29.9 Å². The lowest BCUT2D eigenvalue weighted by Gasteiger charge is -2.49. The maximum Gasteiger partial charge on any atom is 0.404 e. The van der Waals surface area contributed by atoms with Gasteiger partial charge in [0.2, 0.25) is 11.8 Å². The minimum Gasteiger partial charge on any atom is -0.493 e. The van der Waals surface area contributed by atoms with Crippen molar-refractivity contribution in [2.24, 2.45) is 5.41 Å². The average molecular weight is 496 g/mol. The highest BCUT2D eigenvalue weighted by Gasteiger charge is 2.51. The van der Waals surface area contributed by atoms with E-state index in [1.165, 1.54) is 42.3 Å². The third kappa shape index (κ3) is 4.83. The van der Waals surface area contributed by atoms with Crippen LogP contribution in [0.5, 0.6) is 5.75 Å². The van der Waals surface area contributed by atoms with Crippen LogP contribution < -0.4 is 10.1 Å². The maximum absolute atomic E-state index is 14.4. The minimum absolute atomic E-state index is 0.0118. The van der Waals surface area contributed by atoms with Gasteiger partial charge in [-0.15, -0.1) is 0 Å². The first-order chi connectivity index (χ1) is 16.6. The molecule has 0 bridgehead atoms. The summed E-state index contributed by atoms with van der Waals surface area (Å²) in [6, 6.07) is 8.88. The number of alkyl halides is 3. The first kappa shape index (κ1) is 24.9. The smallest absolute Gasteiger partial charge is 0.404 e. The third-order valence-corrected chi connectivity index (χ3v) is 7.15. The molecule has 2 heterocycles. The monoisotopic (exact) mass is 496 g/mol. The van der Waals surface area contributed by atoms with E-state index in [-0.39, 0.29) is 61.7 Å². The first-order valence-corrected chi connectivity index (χ1v) is 11.3. The molecule has 2 amide bonds. The summed E-state index contributed by atoms with van der Waals surface area (Å²) in [7, 11) is 1.26. The Bertz CT molecular complexity index is 1100. The Labute approximate surface area is 199 Å². The number of likely N-dealkylation sites (tertiary alicyclic amines) is 1. The number of piperidine rings is 2. The summed E-state index contributed by atoms with van der Waals surface area (Å²) >= 11 is 0. The van der Waals surface area contributed by atoms with Gasteiger partial charge in [0, 0.05) is 43.6 Å². The van der Waals surface area contributed by atoms with Gasteiger partial charge in [-0.3, -0.25) is 9.59 Å². The van der Waals surface area contributed by atoms with Crippen molar-refractivity contribution < 1.29 is 36.3 Å². The zero-order valence-corrected chi connectivity index (χ0v) is 19.0. The van der Waals surface area contributed by atoms with E-state index in [0.29, 0.717) is 6.07 Å². The predicted molar refractivity (Wildman–Crippen MR) is 117 cm³/mol. The number of ether oxygens (including phenoxy) is 1. The van der Waals surface area contributed by atoms with Gasteiger partial charge >= 0.3 is 6.18 Å². The van der Waals surface area contributed by atoms with Crippen molar-refractivity contribution in [1.29, 1.82) is 0 Å². The van der Waals surface area contributed by atoms with E-state index in [1.54, 1.807) is 6.07 Å². The quantitative estimate of drug-likeness (QED) is 0.633. The molecular weight excluding hydrogens is 471 g/mol. The van der Waals surface area contributed by atoms with E-state index in [4.69, 9.17) is 4.74 Å². The molecule has 2 aliphatic rings. The summed E-state index contributed by atoms with van der Waals surface area (Å²) in [5, 5.41) is 2.72. The number of benzene rings is 2. The lowest BCUT2D eigenvalue weighted by molar-refractivity contribution is -0.173. The van der Waals surface area contributed by atoms with Crippen molar-refractivity contribution in [3.63, 3.8) is 0 Å². The molecule has 35 heavy (non-hydrogen) atoms. The highest BCUT2D eigenvalue weighted by Crippen LogP contribution is 2.51. The van der Waals surface area contributed by atoms with E-state index in [0.717, 1.165) is 0 Å². The fourth-order valence-electron chi connectivity index (χ4n) is 5.43. The SMILES string of the molecule is COc1c(F)cc(F)cc1C1CNC(=O)CC12CCN(C(=O)C(c1ccccc1)C(F)(F)F)CC2. The molecule has 4 rings (SSSR count). The first-order valence-electron chi connectivity index (χ1n) is 11.3. The van der Waals surface area contributed by atoms with Gasteiger partial charge in [-0.25, -0.2) is 8.78 Å². The summed E-state index contributed by atoms with van der Waals surface area (Å²) in [6.45, 7) is 0.0749. The van der Waals surface area contributed by atoms with Gasteiger partial charge in [0.05, 0.1) is 7.11 Å². The molecule has 2 saturated heterocycles. The van der Waals surface area contributed by atoms with Crippen LogP contribution >= 0.6 is 0 Å². The van der Waals surface area contributed by atoms with Crippen molar-refractivity contribution >= 4 is 11.8 Å². The minimum atomic E-state index is -4.77. The fourth-order valence-corrected chi connectivity index (χ4v) is 5.43. The Morgan fingerprint density at radius 2 is 1.80 bits per heavy atom. The van der Waals surface area contributed by atoms with Crippen molar-refractivity contribution in [3.8, 4) is 5.75 Å². The molecule has 0 saturated carbocycles. The summed E-state index contributed by atoms with van der Waals surface area (Å²) in [4.78, 5) is 26.5. The molecule has 2 unspecified atom stereocenters. The zero-order valence-electron chi connectivity index (χ0n) is 19.0. The normalized spacial score (nSPS) is 20.9. The predicted octanol–water partition coefficient (Wildman–Crippen LogP) is 4.53. The summed E-state index contributed by atoms with van der Waals surface area (Å²) < 4.78 is 75.3. The fraction of sp³-hybridized carbons (Fsp3) is 0.440. The van der Waals surface area contributed by atoms with Crippen molar-refractivity contribution in [1.82, 2.24) is 10.2 Å². The summed E-state index contributed by atoms with van der Waals surface area (Å²) in [5.74, 6) is -5.94. The van der Waals surface area contributed by atoms with E-state index >= 15 is 0 Å². The molecule has 1 N–H and O–H groups in total. The molecule has 2 aliphatic heterocycles. The van der Waals surface area contributed by atoms with Gasteiger partial charge in [-0.2, -0.15) is 13.2 Å². The molecule has 0 aliphatic carbocycles. The van der Waals surface area contributed by atoms with Crippen molar-refractivity contribution in [2.75, 3.05) is 26.7 Å². The molecule has 2 aromatic carbocycles. The number of halogens is 5. The van der Waals surface area contributed by atoms with Crippen molar-refractivity contribution in [2.45, 2.75) is 37.3 Å². The summed E-state index contributed by atoms with van der Waals surface area (Å²) in [6.07, 6.45) is -4.33. The van der Waals surface area contributed by atoms with Crippen LogP contribution in [-0.2, 0) is 9.59 Å². The number of methoxy groups -OCH3 is 1. The molecule has 2 fully saturated rings. The van der Waals surface area contributed by atoms with E-state index in [2.05, 4.69) is 5.32 Å². The Morgan fingerprint density at radius 3 is 2.40 bits per heavy atom. The number of carbonyl (C=O) groups excluding carboxylic acids is 2. The van der Waals surface area contributed by atoms with Gasteiger partial charge in [-0.1, -0.05) is 30.3 Å². The van der Waals surface area contributed by atoms with Crippen LogP contribution in [0.1, 0.15) is 42.2 Å². The average Bonchev–Trinajstić information content (AvgIpc) is 2.79. The maximum atomic E-state index is 14.4. The van der Waals surface area contributed by atoms with Crippen LogP contribution in [0.15, 0.2) is 42.5 Å². The number of amides is 2. The Kier molecular flexibility index (Phi) is 6.75. The molecule has 2 aromatic rings. The lowest BCUT2D eigenvalue weighted by atomic mass is 9.62. The van der Waals surface area contributed by atoms with Crippen LogP contribution in [0.3, 0.4) is 0 Å².